The normalized spacial score (nSPS) is 19.8. The lowest BCUT2D eigenvalue weighted by atomic mass is 9.94. The Kier molecular flexibility index (Phi) is 5.44. The van der Waals surface area contributed by atoms with E-state index in [4.69, 9.17) is 0 Å². The number of amides is 2. The highest BCUT2D eigenvalue weighted by Crippen LogP contribution is 2.23. The number of H-pyrrole nitrogens is 1. The van der Waals surface area contributed by atoms with Gasteiger partial charge in [0.2, 0.25) is 0 Å². The number of benzene rings is 1. The quantitative estimate of drug-likeness (QED) is 0.884. The zero-order chi connectivity index (χ0) is 17.8. The number of rotatable bonds is 4. The van der Waals surface area contributed by atoms with Gasteiger partial charge in [0.15, 0.2) is 0 Å². The molecule has 5 heteroatoms. The van der Waals surface area contributed by atoms with Crippen LogP contribution in [0.25, 0.3) is 10.9 Å². The molecule has 1 saturated carbocycles. The van der Waals surface area contributed by atoms with Crippen molar-refractivity contribution in [3.05, 3.63) is 36.0 Å². The van der Waals surface area contributed by atoms with Crippen LogP contribution in [0.2, 0.25) is 0 Å². The molecule has 0 radical (unpaired) electrons. The average molecular weight is 354 g/mol. The molecule has 1 aromatic heterocycles. The summed E-state index contributed by atoms with van der Waals surface area (Å²) in [5, 5.41) is 4.36. The lowest BCUT2D eigenvalue weighted by Gasteiger charge is -2.40. The zero-order valence-electron chi connectivity index (χ0n) is 15.5. The van der Waals surface area contributed by atoms with Crippen LogP contribution < -0.4 is 5.32 Å². The Balaban J connectivity index is 1.22. The van der Waals surface area contributed by atoms with Crippen LogP contribution in [-0.4, -0.2) is 59.6 Å². The molecule has 2 aromatic rings. The van der Waals surface area contributed by atoms with Crippen molar-refractivity contribution in [2.24, 2.45) is 0 Å². The number of nitrogens with zero attached hydrogens (tertiary/aromatic N) is 2. The standard InChI is InChI=1S/C21H30N4O/c26-21(22-11-10-17-16-23-20-9-5-4-8-19(17)20)25-14-12-24(13-15-25)18-6-2-1-3-7-18/h4-5,8-9,16,18,23H,1-3,6-7,10-15H2,(H,22,26). The number of para-hydroxylation sites is 1. The molecule has 2 aliphatic rings. The summed E-state index contributed by atoms with van der Waals surface area (Å²) in [5.74, 6) is 0. The molecule has 140 valence electrons. The van der Waals surface area contributed by atoms with Gasteiger partial charge in [-0.2, -0.15) is 0 Å². The summed E-state index contributed by atoms with van der Waals surface area (Å²) in [6.07, 6.45) is 9.75. The van der Waals surface area contributed by atoms with Crippen LogP contribution in [0, 0.1) is 0 Å². The molecule has 2 amide bonds. The summed E-state index contributed by atoms with van der Waals surface area (Å²) in [7, 11) is 0. The summed E-state index contributed by atoms with van der Waals surface area (Å²) in [4.78, 5) is 20.3. The summed E-state index contributed by atoms with van der Waals surface area (Å²) < 4.78 is 0. The van der Waals surface area contributed by atoms with E-state index in [2.05, 4.69) is 39.6 Å². The maximum Gasteiger partial charge on any atom is 0.317 e. The fraction of sp³-hybridized carbons (Fsp3) is 0.571. The summed E-state index contributed by atoms with van der Waals surface area (Å²) in [6.45, 7) is 4.45. The second kappa shape index (κ2) is 8.12. The zero-order valence-corrected chi connectivity index (χ0v) is 15.5. The minimum Gasteiger partial charge on any atom is -0.361 e. The van der Waals surface area contributed by atoms with E-state index >= 15 is 0 Å². The van der Waals surface area contributed by atoms with Crippen LogP contribution in [0.5, 0.6) is 0 Å². The molecule has 1 aliphatic carbocycles. The van der Waals surface area contributed by atoms with E-state index in [-0.39, 0.29) is 6.03 Å². The number of aromatic nitrogens is 1. The number of hydrogen-bond acceptors (Lipinski definition) is 2. The molecule has 0 bridgehead atoms. The van der Waals surface area contributed by atoms with Crippen molar-refractivity contribution in [3.63, 3.8) is 0 Å². The first-order valence-corrected chi connectivity index (χ1v) is 10.1. The van der Waals surface area contributed by atoms with Gasteiger partial charge in [0, 0.05) is 55.9 Å². The Morgan fingerprint density at radius 3 is 2.65 bits per heavy atom. The number of aromatic amines is 1. The van der Waals surface area contributed by atoms with Crippen LogP contribution in [0.1, 0.15) is 37.7 Å². The van der Waals surface area contributed by atoms with Gasteiger partial charge in [0.1, 0.15) is 0 Å². The number of piperazine rings is 1. The van der Waals surface area contributed by atoms with Crippen molar-refractivity contribution in [1.82, 2.24) is 20.1 Å². The van der Waals surface area contributed by atoms with Crippen molar-refractivity contribution >= 4 is 16.9 Å². The largest absolute Gasteiger partial charge is 0.361 e. The number of hydrogen-bond donors (Lipinski definition) is 2. The van der Waals surface area contributed by atoms with Crippen LogP contribution in [-0.2, 0) is 6.42 Å². The molecule has 0 atom stereocenters. The summed E-state index contributed by atoms with van der Waals surface area (Å²) in [6, 6.07) is 9.17. The van der Waals surface area contributed by atoms with E-state index in [1.165, 1.54) is 43.1 Å². The van der Waals surface area contributed by atoms with Crippen LogP contribution in [0.4, 0.5) is 4.79 Å². The highest BCUT2D eigenvalue weighted by molar-refractivity contribution is 5.83. The lowest BCUT2D eigenvalue weighted by Crippen LogP contribution is -2.54. The van der Waals surface area contributed by atoms with Gasteiger partial charge < -0.3 is 15.2 Å². The topological polar surface area (TPSA) is 51.4 Å². The predicted octanol–water partition coefficient (Wildman–Crippen LogP) is 3.37. The summed E-state index contributed by atoms with van der Waals surface area (Å²) in [5.41, 5.74) is 2.43. The van der Waals surface area contributed by atoms with Gasteiger partial charge in [-0.15, -0.1) is 0 Å². The molecule has 2 N–H and O–H groups in total. The van der Waals surface area contributed by atoms with Gasteiger partial charge in [0.05, 0.1) is 0 Å². The van der Waals surface area contributed by atoms with E-state index < -0.39 is 0 Å². The van der Waals surface area contributed by atoms with Gasteiger partial charge in [-0.25, -0.2) is 4.79 Å². The van der Waals surface area contributed by atoms with Gasteiger partial charge in [-0.3, -0.25) is 4.90 Å². The van der Waals surface area contributed by atoms with Crippen molar-refractivity contribution in [1.29, 1.82) is 0 Å². The first kappa shape index (κ1) is 17.4. The second-order valence-corrected chi connectivity index (χ2v) is 7.66. The van der Waals surface area contributed by atoms with Gasteiger partial charge >= 0.3 is 6.03 Å². The van der Waals surface area contributed by atoms with Gasteiger partial charge in [0.25, 0.3) is 0 Å². The first-order chi connectivity index (χ1) is 12.8. The number of urea groups is 1. The maximum absolute atomic E-state index is 12.5. The molecule has 2 heterocycles. The molecule has 1 aliphatic heterocycles. The number of fused-ring (bicyclic) bond motifs is 1. The minimum atomic E-state index is 0.0909. The average Bonchev–Trinajstić information content (AvgIpc) is 3.12. The molecule has 5 nitrogen and oxygen atoms in total. The van der Waals surface area contributed by atoms with E-state index in [1.807, 2.05) is 11.0 Å². The van der Waals surface area contributed by atoms with Crippen molar-refractivity contribution in [2.75, 3.05) is 32.7 Å². The molecule has 2 fully saturated rings. The highest BCUT2D eigenvalue weighted by Gasteiger charge is 2.26. The third-order valence-corrected chi connectivity index (χ3v) is 6.04. The van der Waals surface area contributed by atoms with Crippen LogP contribution >= 0.6 is 0 Å². The van der Waals surface area contributed by atoms with Crippen molar-refractivity contribution in [2.45, 2.75) is 44.6 Å². The maximum atomic E-state index is 12.5. The fourth-order valence-corrected chi connectivity index (χ4v) is 4.49. The third-order valence-electron chi connectivity index (χ3n) is 6.04. The molecule has 0 spiro atoms. The Morgan fingerprint density at radius 2 is 1.85 bits per heavy atom. The number of carbonyl (C=O) groups excluding carboxylic acids is 1. The minimum absolute atomic E-state index is 0.0909. The van der Waals surface area contributed by atoms with E-state index in [0.717, 1.165) is 44.2 Å². The van der Waals surface area contributed by atoms with Crippen molar-refractivity contribution in [3.8, 4) is 0 Å². The smallest absolute Gasteiger partial charge is 0.317 e. The number of carbonyl (C=O) groups is 1. The molecule has 1 aromatic carbocycles. The van der Waals surface area contributed by atoms with E-state index in [0.29, 0.717) is 6.54 Å². The Labute approximate surface area is 155 Å². The van der Waals surface area contributed by atoms with Crippen molar-refractivity contribution < 1.29 is 4.79 Å². The molecular formula is C21H30N4O. The molecular weight excluding hydrogens is 324 g/mol. The monoisotopic (exact) mass is 354 g/mol. The van der Waals surface area contributed by atoms with E-state index in [1.54, 1.807) is 0 Å². The molecule has 26 heavy (non-hydrogen) atoms. The highest BCUT2D eigenvalue weighted by atomic mass is 16.2. The lowest BCUT2D eigenvalue weighted by molar-refractivity contribution is 0.0907. The van der Waals surface area contributed by atoms with E-state index in [9.17, 15) is 4.79 Å². The first-order valence-electron chi connectivity index (χ1n) is 10.1. The predicted molar refractivity (Wildman–Crippen MR) is 105 cm³/mol. The van der Waals surface area contributed by atoms with Gasteiger partial charge in [-0.05, 0) is 30.9 Å². The van der Waals surface area contributed by atoms with Crippen LogP contribution in [0.15, 0.2) is 30.5 Å². The molecule has 1 saturated heterocycles. The Hall–Kier alpha value is -2.01. The second-order valence-electron chi connectivity index (χ2n) is 7.66. The molecule has 0 unspecified atom stereocenters. The molecule has 4 rings (SSSR count). The summed E-state index contributed by atoms with van der Waals surface area (Å²) >= 11 is 0. The fourth-order valence-electron chi connectivity index (χ4n) is 4.49. The Morgan fingerprint density at radius 1 is 1.08 bits per heavy atom. The third kappa shape index (κ3) is 3.88. The van der Waals surface area contributed by atoms with Crippen LogP contribution in [0.3, 0.4) is 0 Å². The van der Waals surface area contributed by atoms with Gasteiger partial charge in [-0.1, -0.05) is 37.5 Å². The SMILES string of the molecule is O=C(NCCc1c[nH]c2ccccc12)N1CCN(C2CCCCC2)CC1. The number of nitrogens with one attached hydrogen (secondary N) is 2. The Bertz CT molecular complexity index is 726.